The van der Waals surface area contributed by atoms with E-state index in [4.69, 9.17) is 9.15 Å². The Morgan fingerprint density at radius 1 is 1.09 bits per heavy atom. The molecule has 1 amide bonds. The lowest BCUT2D eigenvalue weighted by Crippen LogP contribution is -2.20. The number of hydrogen-bond acceptors (Lipinski definition) is 4. The second-order valence-electron chi connectivity index (χ2n) is 5.17. The largest absolute Gasteiger partial charge is 0.497 e. The van der Waals surface area contributed by atoms with Crippen LogP contribution >= 0.6 is 0 Å². The lowest BCUT2D eigenvalue weighted by atomic mass is 10.1. The van der Waals surface area contributed by atoms with Crippen molar-refractivity contribution in [2.75, 3.05) is 12.4 Å². The van der Waals surface area contributed by atoms with Gasteiger partial charge in [-0.1, -0.05) is 17.7 Å². The van der Waals surface area contributed by atoms with Crippen LogP contribution in [0.3, 0.4) is 0 Å². The molecule has 0 unspecified atom stereocenters. The number of carbonyl (C=O) groups is 1. The quantitative estimate of drug-likeness (QED) is 0.753. The second-order valence-corrected chi connectivity index (χ2v) is 5.17. The van der Waals surface area contributed by atoms with Gasteiger partial charge in [0, 0.05) is 11.1 Å². The molecule has 0 atom stereocenters. The Kier molecular flexibility index (Phi) is 3.85. The number of fused-ring (bicyclic) bond motifs is 1. The number of anilines is 1. The zero-order valence-corrected chi connectivity index (χ0v) is 12.8. The fourth-order valence-corrected chi connectivity index (χ4v) is 2.22. The SMILES string of the molecule is COc1ccc2oc(=O)c(C(=O)Nc3ccc(C)cc3)cc2c1. The maximum atomic E-state index is 12.3. The van der Waals surface area contributed by atoms with Crippen LogP contribution in [0.4, 0.5) is 5.69 Å². The van der Waals surface area contributed by atoms with Crippen LogP contribution in [0.2, 0.25) is 0 Å². The lowest BCUT2D eigenvalue weighted by Gasteiger charge is -2.06. The topological polar surface area (TPSA) is 68.5 Å². The van der Waals surface area contributed by atoms with E-state index in [9.17, 15) is 9.59 Å². The third kappa shape index (κ3) is 3.08. The molecule has 23 heavy (non-hydrogen) atoms. The number of amides is 1. The fourth-order valence-electron chi connectivity index (χ4n) is 2.22. The first kappa shape index (κ1) is 14.8. The number of nitrogens with one attached hydrogen (secondary N) is 1. The average molecular weight is 309 g/mol. The molecule has 1 heterocycles. The Labute approximate surface area is 132 Å². The van der Waals surface area contributed by atoms with Crippen LogP contribution in [0, 0.1) is 6.92 Å². The summed E-state index contributed by atoms with van der Waals surface area (Å²) in [5.74, 6) is 0.114. The molecule has 0 bridgehead atoms. The first-order chi connectivity index (χ1) is 11.1. The van der Waals surface area contributed by atoms with Crippen molar-refractivity contribution in [2.45, 2.75) is 6.92 Å². The van der Waals surface area contributed by atoms with Gasteiger partial charge in [-0.3, -0.25) is 4.79 Å². The molecular weight excluding hydrogens is 294 g/mol. The van der Waals surface area contributed by atoms with Gasteiger partial charge in [0.1, 0.15) is 16.9 Å². The summed E-state index contributed by atoms with van der Waals surface area (Å²) in [5, 5.41) is 3.31. The van der Waals surface area contributed by atoms with Crippen LogP contribution in [-0.4, -0.2) is 13.0 Å². The number of methoxy groups -OCH3 is 1. The van der Waals surface area contributed by atoms with Crippen molar-refractivity contribution >= 4 is 22.6 Å². The molecule has 0 spiro atoms. The normalized spacial score (nSPS) is 10.5. The molecule has 0 saturated carbocycles. The minimum atomic E-state index is -0.674. The maximum Gasteiger partial charge on any atom is 0.349 e. The Morgan fingerprint density at radius 2 is 1.83 bits per heavy atom. The summed E-state index contributed by atoms with van der Waals surface area (Å²) in [5.41, 5.74) is 1.38. The average Bonchev–Trinajstić information content (AvgIpc) is 2.55. The summed E-state index contributed by atoms with van der Waals surface area (Å²) in [6.45, 7) is 1.96. The molecule has 0 aliphatic carbocycles. The molecule has 1 aromatic heterocycles. The van der Waals surface area contributed by atoms with Gasteiger partial charge in [-0.15, -0.1) is 0 Å². The molecule has 3 aromatic rings. The van der Waals surface area contributed by atoms with E-state index in [2.05, 4.69) is 5.32 Å². The van der Waals surface area contributed by atoms with E-state index >= 15 is 0 Å². The van der Waals surface area contributed by atoms with Crippen molar-refractivity contribution in [3.8, 4) is 5.75 Å². The van der Waals surface area contributed by atoms with Crippen molar-refractivity contribution in [1.82, 2.24) is 0 Å². The van der Waals surface area contributed by atoms with E-state index in [1.165, 1.54) is 6.07 Å². The molecule has 116 valence electrons. The minimum absolute atomic E-state index is 0.0497. The Hall–Kier alpha value is -3.08. The van der Waals surface area contributed by atoms with E-state index in [1.807, 2.05) is 19.1 Å². The Bertz CT molecular complexity index is 926. The van der Waals surface area contributed by atoms with Gasteiger partial charge >= 0.3 is 5.63 Å². The zero-order valence-electron chi connectivity index (χ0n) is 12.8. The van der Waals surface area contributed by atoms with Gasteiger partial charge in [-0.25, -0.2) is 4.79 Å². The van der Waals surface area contributed by atoms with Crippen LogP contribution in [0.5, 0.6) is 5.75 Å². The van der Waals surface area contributed by atoms with E-state index in [1.54, 1.807) is 37.4 Å². The van der Waals surface area contributed by atoms with E-state index in [0.29, 0.717) is 22.4 Å². The van der Waals surface area contributed by atoms with Crippen molar-refractivity contribution in [1.29, 1.82) is 0 Å². The molecule has 5 heteroatoms. The highest BCUT2D eigenvalue weighted by molar-refractivity contribution is 6.05. The van der Waals surface area contributed by atoms with Crippen LogP contribution in [0.25, 0.3) is 11.0 Å². The molecule has 3 rings (SSSR count). The Balaban J connectivity index is 1.97. The number of carbonyl (C=O) groups excluding carboxylic acids is 1. The summed E-state index contributed by atoms with van der Waals surface area (Å²) in [7, 11) is 1.55. The highest BCUT2D eigenvalue weighted by atomic mass is 16.5. The van der Waals surface area contributed by atoms with Crippen LogP contribution in [0.15, 0.2) is 57.7 Å². The maximum absolute atomic E-state index is 12.3. The summed E-state index contributed by atoms with van der Waals surface area (Å²) < 4.78 is 10.3. The highest BCUT2D eigenvalue weighted by Gasteiger charge is 2.14. The molecule has 0 aliphatic heterocycles. The van der Waals surface area contributed by atoms with Crippen LogP contribution in [0.1, 0.15) is 15.9 Å². The molecule has 0 saturated heterocycles. The molecule has 0 radical (unpaired) electrons. The molecule has 2 aromatic carbocycles. The monoisotopic (exact) mass is 309 g/mol. The van der Waals surface area contributed by atoms with E-state index in [0.717, 1.165) is 5.56 Å². The third-order valence-electron chi connectivity index (χ3n) is 3.49. The number of aryl methyl sites for hydroxylation is 1. The van der Waals surface area contributed by atoms with E-state index < -0.39 is 11.5 Å². The highest BCUT2D eigenvalue weighted by Crippen LogP contribution is 2.20. The zero-order chi connectivity index (χ0) is 16.4. The standard InChI is InChI=1S/C18H15NO4/c1-11-3-5-13(6-4-11)19-17(20)15-10-12-9-14(22-2)7-8-16(12)23-18(15)21/h3-10H,1-2H3,(H,19,20). The number of rotatable bonds is 3. The number of ether oxygens (including phenoxy) is 1. The predicted molar refractivity (Wildman–Crippen MR) is 88.2 cm³/mol. The molecular formula is C18H15NO4. The predicted octanol–water partition coefficient (Wildman–Crippen LogP) is 3.36. The second kappa shape index (κ2) is 5.96. The summed E-state index contributed by atoms with van der Waals surface area (Å²) in [6.07, 6.45) is 0. The van der Waals surface area contributed by atoms with Crippen molar-refractivity contribution in [2.24, 2.45) is 0 Å². The first-order valence-electron chi connectivity index (χ1n) is 7.07. The summed E-state index contributed by atoms with van der Waals surface area (Å²) in [6, 6.07) is 13.9. The number of hydrogen-bond donors (Lipinski definition) is 1. The minimum Gasteiger partial charge on any atom is -0.497 e. The molecule has 0 fully saturated rings. The fraction of sp³-hybridized carbons (Fsp3) is 0.111. The van der Waals surface area contributed by atoms with Crippen LogP contribution in [-0.2, 0) is 0 Å². The van der Waals surface area contributed by atoms with Gasteiger partial charge in [-0.2, -0.15) is 0 Å². The van der Waals surface area contributed by atoms with Gasteiger partial charge in [0.15, 0.2) is 0 Å². The number of benzene rings is 2. The summed E-state index contributed by atoms with van der Waals surface area (Å²) in [4.78, 5) is 24.3. The van der Waals surface area contributed by atoms with Crippen molar-refractivity contribution in [3.63, 3.8) is 0 Å². The summed E-state index contributed by atoms with van der Waals surface area (Å²) >= 11 is 0. The van der Waals surface area contributed by atoms with Crippen molar-refractivity contribution in [3.05, 3.63) is 70.1 Å². The molecule has 0 aliphatic rings. The van der Waals surface area contributed by atoms with Gasteiger partial charge in [-0.05, 0) is 43.3 Å². The third-order valence-corrected chi connectivity index (χ3v) is 3.49. The smallest absolute Gasteiger partial charge is 0.349 e. The lowest BCUT2D eigenvalue weighted by molar-refractivity contribution is 0.102. The molecule has 1 N–H and O–H groups in total. The molecule has 5 nitrogen and oxygen atoms in total. The Morgan fingerprint density at radius 3 is 2.52 bits per heavy atom. The van der Waals surface area contributed by atoms with Gasteiger partial charge in [0.25, 0.3) is 5.91 Å². The van der Waals surface area contributed by atoms with Gasteiger partial charge in [0.05, 0.1) is 7.11 Å². The first-order valence-corrected chi connectivity index (χ1v) is 7.07. The van der Waals surface area contributed by atoms with E-state index in [-0.39, 0.29) is 5.56 Å². The van der Waals surface area contributed by atoms with Crippen molar-refractivity contribution < 1.29 is 13.9 Å². The van der Waals surface area contributed by atoms with Gasteiger partial charge < -0.3 is 14.5 Å². The van der Waals surface area contributed by atoms with Crippen LogP contribution < -0.4 is 15.7 Å². The van der Waals surface area contributed by atoms with Gasteiger partial charge in [0.2, 0.25) is 0 Å².